The highest BCUT2D eigenvalue weighted by molar-refractivity contribution is 7.80. The molecule has 2 aromatic rings. The molecule has 2 aromatic carbocycles. The first-order chi connectivity index (χ1) is 12.2. The van der Waals surface area contributed by atoms with E-state index in [0.29, 0.717) is 5.11 Å². The lowest BCUT2D eigenvalue weighted by Crippen LogP contribution is -2.39. The van der Waals surface area contributed by atoms with Gasteiger partial charge in [0.25, 0.3) is 0 Å². The Kier molecular flexibility index (Phi) is 5.65. The molecule has 5 nitrogen and oxygen atoms in total. The van der Waals surface area contributed by atoms with Crippen molar-refractivity contribution in [3.05, 3.63) is 59.2 Å². The van der Waals surface area contributed by atoms with Gasteiger partial charge < -0.3 is 5.32 Å². The van der Waals surface area contributed by atoms with Crippen LogP contribution in [-0.4, -0.2) is 31.1 Å². The van der Waals surface area contributed by atoms with E-state index < -0.39 is 0 Å². The molecule has 1 heterocycles. The average Bonchev–Trinajstić information content (AvgIpc) is 2.64. The van der Waals surface area contributed by atoms with Crippen LogP contribution in [-0.2, 0) is 22.6 Å². The summed E-state index contributed by atoms with van der Waals surface area (Å²) < 4.78 is 0. The highest BCUT2D eigenvalue weighted by atomic mass is 32.1. The molecule has 0 atom stereocenters. The zero-order valence-electron chi connectivity index (χ0n) is 14.8. The fourth-order valence-corrected chi connectivity index (χ4v) is 3.43. The largest absolute Gasteiger partial charge is 0.312 e. The molecule has 0 saturated heterocycles. The van der Waals surface area contributed by atoms with Gasteiger partial charge in [0, 0.05) is 12.2 Å². The van der Waals surface area contributed by atoms with Crippen LogP contribution in [0.5, 0.6) is 0 Å². The molecule has 0 fully saturated rings. The number of nitrogens with zero attached hydrogens (tertiary/aromatic N) is 2. The molecule has 0 aliphatic carbocycles. The van der Waals surface area contributed by atoms with Crippen molar-refractivity contribution in [3.63, 3.8) is 0 Å². The summed E-state index contributed by atoms with van der Waals surface area (Å²) in [5.41, 5.74) is 5.80. The maximum Gasteiger partial charge on any atom is 0.234 e. The van der Waals surface area contributed by atoms with Crippen molar-refractivity contribution >= 4 is 28.7 Å². The van der Waals surface area contributed by atoms with Gasteiger partial charge in [0.2, 0.25) is 5.11 Å². The van der Waals surface area contributed by atoms with Gasteiger partial charge in [-0.15, -0.1) is 0 Å². The summed E-state index contributed by atoms with van der Waals surface area (Å²) in [6, 6.07) is 14.6. The fraction of sp³-hybridized carbons (Fsp3) is 0.316. The molecule has 0 aromatic heterocycles. The Balaban J connectivity index is 2.08. The highest BCUT2D eigenvalue weighted by Crippen LogP contribution is 2.32. The summed E-state index contributed by atoms with van der Waals surface area (Å²) in [5.74, 6) is 0. The number of hydroxylamine groups is 2. The van der Waals surface area contributed by atoms with Crippen LogP contribution < -0.4 is 10.2 Å². The Morgan fingerprint density at radius 1 is 1.08 bits per heavy atom. The smallest absolute Gasteiger partial charge is 0.234 e. The topological polar surface area (TPSA) is 37.0 Å². The summed E-state index contributed by atoms with van der Waals surface area (Å²) in [6.45, 7) is 3.97. The van der Waals surface area contributed by atoms with Gasteiger partial charge in [-0.2, -0.15) is 0 Å². The summed E-state index contributed by atoms with van der Waals surface area (Å²) in [5, 5.41) is 5.07. The molecule has 3 rings (SSSR count). The lowest BCUT2D eigenvalue weighted by molar-refractivity contribution is -0.285. The van der Waals surface area contributed by atoms with Gasteiger partial charge in [-0.25, -0.2) is 9.68 Å². The van der Waals surface area contributed by atoms with Crippen LogP contribution in [0.4, 0.5) is 11.4 Å². The first kappa shape index (κ1) is 17.8. The third kappa shape index (κ3) is 3.67. The number of aryl methyl sites for hydroxylation is 1. The number of benzene rings is 2. The van der Waals surface area contributed by atoms with E-state index in [-0.39, 0.29) is 0 Å². The van der Waals surface area contributed by atoms with Crippen LogP contribution in [0, 0.1) is 6.92 Å². The van der Waals surface area contributed by atoms with E-state index >= 15 is 0 Å². The van der Waals surface area contributed by atoms with E-state index in [1.165, 1.54) is 30.6 Å². The van der Waals surface area contributed by atoms with E-state index in [1.807, 2.05) is 23.1 Å². The minimum Gasteiger partial charge on any atom is -0.312 e. The monoisotopic (exact) mass is 357 g/mol. The van der Waals surface area contributed by atoms with Gasteiger partial charge in [0.1, 0.15) is 0 Å². The summed E-state index contributed by atoms with van der Waals surface area (Å²) in [4.78, 5) is 12.5. The van der Waals surface area contributed by atoms with Crippen LogP contribution in [0.1, 0.15) is 16.7 Å². The van der Waals surface area contributed by atoms with Crippen molar-refractivity contribution in [1.29, 1.82) is 0 Å². The Morgan fingerprint density at radius 3 is 2.56 bits per heavy atom. The second kappa shape index (κ2) is 7.93. The standard InChI is InChI=1S/C19H23N3O2S/c1-14-6-4-5-7-18(14)21(19(25)22(23-2)24-3)17-9-8-16-13-20-11-10-15(16)12-17/h4-9,12,20H,10-11,13H2,1-3H3. The number of hydrogen-bond acceptors (Lipinski definition) is 4. The fourth-order valence-electron chi connectivity index (χ4n) is 3.08. The molecule has 0 bridgehead atoms. The molecule has 0 amide bonds. The van der Waals surface area contributed by atoms with Crippen LogP contribution in [0.15, 0.2) is 42.5 Å². The zero-order valence-corrected chi connectivity index (χ0v) is 15.6. The third-order valence-electron chi connectivity index (χ3n) is 4.37. The lowest BCUT2D eigenvalue weighted by atomic mass is 10.00. The average molecular weight is 357 g/mol. The Hall–Kier alpha value is -1.99. The molecule has 0 spiro atoms. The Morgan fingerprint density at radius 2 is 1.84 bits per heavy atom. The van der Waals surface area contributed by atoms with E-state index in [4.69, 9.17) is 21.9 Å². The summed E-state index contributed by atoms with van der Waals surface area (Å²) >= 11 is 5.66. The van der Waals surface area contributed by atoms with Gasteiger partial charge in [-0.1, -0.05) is 29.5 Å². The van der Waals surface area contributed by atoms with Crippen LogP contribution >= 0.6 is 12.2 Å². The third-order valence-corrected chi connectivity index (χ3v) is 4.70. The summed E-state index contributed by atoms with van der Waals surface area (Å²) in [7, 11) is 3.06. The minimum absolute atomic E-state index is 0.424. The second-order valence-electron chi connectivity index (χ2n) is 5.91. The van der Waals surface area contributed by atoms with E-state index in [1.54, 1.807) is 0 Å². The first-order valence-corrected chi connectivity index (χ1v) is 8.67. The number of para-hydroxylation sites is 1. The number of rotatable bonds is 4. The molecule has 1 N–H and O–H groups in total. The number of anilines is 2. The SMILES string of the molecule is CON(OC)C(=S)N(c1ccc2c(c1)CCNC2)c1ccccc1C. The second-order valence-corrected chi connectivity index (χ2v) is 6.27. The predicted octanol–water partition coefficient (Wildman–Crippen LogP) is 3.49. The van der Waals surface area contributed by atoms with Gasteiger partial charge in [-0.3, -0.25) is 4.90 Å². The normalized spacial score (nSPS) is 13.2. The Labute approximate surface area is 154 Å². The quantitative estimate of drug-likeness (QED) is 0.667. The van der Waals surface area contributed by atoms with Gasteiger partial charge in [0.15, 0.2) is 0 Å². The van der Waals surface area contributed by atoms with Crippen molar-refractivity contribution in [1.82, 2.24) is 10.5 Å². The van der Waals surface area contributed by atoms with Gasteiger partial charge >= 0.3 is 0 Å². The van der Waals surface area contributed by atoms with Gasteiger partial charge in [-0.05, 0) is 67.0 Å². The molecule has 6 heteroatoms. The Bertz CT molecular complexity index is 762. The molecule has 1 aliphatic heterocycles. The van der Waals surface area contributed by atoms with Crippen molar-refractivity contribution in [2.75, 3.05) is 25.7 Å². The van der Waals surface area contributed by atoms with E-state index in [0.717, 1.165) is 36.4 Å². The number of thiocarbonyl (C=S) groups is 1. The van der Waals surface area contributed by atoms with Crippen molar-refractivity contribution in [3.8, 4) is 0 Å². The highest BCUT2D eigenvalue weighted by Gasteiger charge is 2.23. The van der Waals surface area contributed by atoms with E-state index in [9.17, 15) is 0 Å². The molecule has 132 valence electrons. The van der Waals surface area contributed by atoms with Crippen LogP contribution in [0.2, 0.25) is 0 Å². The predicted molar refractivity (Wildman–Crippen MR) is 104 cm³/mol. The molecule has 0 unspecified atom stereocenters. The summed E-state index contributed by atoms with van der Waals surface area (Å²) in [6.07, 6.45) is 1.01. The van der Waals surface area contributed by atoms with Crippen molar-refractivity contribution in [2.45, 2.75) is 19.9 Å². The molecule has 1 aliphatic rings. The minimum atomic E-state index is 0.424. The van der Waals surface area contributed by atoms with Crippen LogP contribution in [0.25, 0.3) is 0 Å². The number of hydrogen-bond donors (Lipinski definition) is 1. The molecule has 25 heavy (non-hydrogen) atoms. The molecular weight excluding hydrogens is 334 g/mol. The number of fused-ring (bicyclic) bond motifs is 1. The zero-order chi connectivity index (χ0) is 17.8. The van der Waals surface area contributed by atoms with E-state index in [2.05, 4.69) is 36.5 Å². The van der Waals surface area contributed by atoms with Crippen molar-refractivity contribution < 1.29 is 9.68 Å². The lowest BCUT2D eigenvalue weighted by Gasteiger charge is -2.32. The van der Waals surface area contributed by atoms with Crippen LogP contribution in [0.3, 0.4) is 0 Å². The number of nitrogens with one attached hydrogen (secondary N) is 1. The molecular formula is C19H23N3O2S. The van der Waals surface area contributed by atoms with Gasteiger partial charge in [0.05, 0.1) is 19.9 Å². The maximum absolute atomic E-state index is 5.66. The molecule has 0 radical (unpaired) electrons. The van der Waals surface area contributed by atoms with Crippen molar-refractivity contribution in [2.24, 2.45) is 0 Å². The molecule has 0 saturated carbocycles. The maximum atomic E-state index is 5.66. The first-order valence-electron chi connectivity index (χ1n) is 8.26.